The Morgan fingerprint density at radius 3 is 2.68 bits per heavy atom. The molecule has 0 spiro atoms. The quantitative estimate of drug-likeness (QED) is 0.547. The van der Waals surface area contributed by atoms with Crippen molar-refractivity contribution in [2.24, 2.45) is 0 Å². The first-order valence-electron chi connectivity index (χ1n) is 7.99. The lowest BCUT2D eigenvalue weighted by Gasteiger charge is -2.18. The molecule has 0 aliphatic heterocycles. The number of anilines is 1. The van der Waals surface area contributed by atoms with E-state index in [4.69, 9.17) is 16.3 Å². The Bertz CT molecular complexity index is 908. The molecule has 5 heteroatoms. The fourth-order valence-electron chi connectivity index (χ4n) is 2.57. The van der Waals surface area contributed by atoms with Gasteiger partial charge in [0.25, 0.3) is 5.91 Å². The Morgan fingerprint density at radius 1 is 1.16 bits per heavy atom. The molecule has 1 N–H and O–H groups in total. The minimum Gasteiger partial charge on any atom is -0.480 e. The van der Waals surface area contributed by atoms with Gasteiger partial charge >= 0.3 is 0 Å². The second kappa shape index (κ2) is 7.89. The van der Waals surface area contributed by atoms with Gasteiger partial charge in [0.2, 0.25) is 0 Å². The average Bonchev–Trinajstić information content (AvgIpc) is 2.62. The summed E-state index contributed by atoms with van der Waals surface area (Å²) in [5, 5.41) is 5.47. The zero-order chi connectivity index (χ0) is 17.8. The number of hydrogen-bond acceptors (Lipinski definition) is 2. The van der Waals surface area contributed by atoms with Gasteiger partial charge in [-0.2, -0.15) is 0 Å². The zero-order valence-electron chi connectivity index (χ0n) is 13.6. The van der Waals surface area contributed by atoms with E-state index in [1.165, 1.54) is 0 Å². The number of nitrogens with one attached hydrogen (secondary N) is 1. The maximum absolute atomic E-state index is 12.6. The molecular weight excluding hydrogens is 402 g/mol. The van der Waals surface area contributed by atoms with Gasteiger partial charge in [-0.05, 0) is 52.0 Å². The lowest BCUT2D eigenvalue weighted by atomic mass is 10.1. The Balaban J connectivity index is 1.79. The lowest BCUT2D eigenvalue weighted by molar-refractivity contribution is -0.122. The van der Waals surface area contributed by atoms with Gasteiger partial charge in [0.15, 0.2) is 6.10 Å². The topological polar surface area (TPSA) is 38.3 Å². The van der Waals surface area contributed by atoms with Crippen molar-refractivity contribution < 1.29 is 9.53 Å². The molecule has 0 aliphatic carbocycles. The van der Waals surface area contributed by atoms with E-state index >= 15 is 0 Å². The van der Waals surface area contributed by atoms with Crippen LogP contribution in [0.15, 0.2) is 65.1 Å². The molecule has 0 unspecified atom stereocenters. The first-order chi connectivity index (χ1) is 12.1. The van der Waals surface area contributed by atoms with E-state index in [0.717, 1.165) is 15.2 Å². The fourth-order valence-corrected chi connectivity index (χ4v) is 3.00. The van der Waals surface area contributed by atoms with Crippen molar-refractivity contribution in [1.82, 2.24) is 0 Å². The van der Waals surface area contributed by atoms with E-state index in [0.29, 0.717) is 22.9 Å². The highest BCUT2D eigenvalue weighted by Crippen LogP contribution is 2.28. The first-order valence-corrected chi connectivity index (χ1v) is 9.16. The van der Waals surface area contributed by atoms with Crippen molar-refractivity contribution in [1.29, 1.82) is 0 Å². The van der Waals surface area contributed by atoms with Crippen molar-refractivity contribution in [3.63, 3.8) is 0 Å². The number of hydrogen-bond donors (Lipinski definition) is 1. The number of benzene rings is 3. The first kappa shape index (κ1) is 17.8. The average molecular weight is 419 g/mol. The van der Waals surface area contributed by atoms with E-state index in [1.54, 1.807) is 18.2 Å². The molecule has 128 valence electrons. The maximum atomic E-state index is 12.6. The van der Waals surface area contributed by atoms with Gasteiger partial charge in [-0.25, -0.2) is 0 Å². The summed E-state index contributed by atoms with van der Waals surface area (Å²) in [7, 11) is 0. The van der Waals surface area contributed by atoms with Crippen LogP contribution in [0.1, 0.15) is 13.3 Å². The second-order valence-corrected chi connectivity index (χ2v) is 6.87. The van der Waals surface area contributed by atoms with E-state index in [2.05, 4.69) is 21.2 Å². The molecule has 0 aliphatic rings. The molecule has 0 radical (unpaired) electrons. The summed E-state index contributed by atoms with van der Waals surface area (Å²) in [6.45, 7) is 1.92. The summed E-state index contributed by atoms with van der Waals surface area (Å²) in [4.78, 5) is 12.6. The van der Waals surface area contributed by atoms with Gasteiger partial charge in [-0.3, -0.25) is 4.79 Å². The van der Waals surface area contributed by atoms with Crippen LogP contribution in [-0.2, 0) is 4.79 Å². The minimum absolute atomic E-state index is 0.200. The van der Waals surface area contributed by atoms with Crippen molar-refractivity contribution in [2.45, 2.75) is 19.4 Å². The third kappa shape index (κ3) is 4.14. The molecule has 3 rings (SSSR count). The number of carbonyl (C=O) groups excluding carboxylic acids is 1. The van der Waals surface area contributed by atoms with Crippen molar-refractivity contribution in [3.8, 4) is 5.75 Å². The van der Waals surface area contributed by atoms with Crippen molar-refractivity contribution in [3.05, 3.63) is 70.2 Å². The van der Waals surface area contributed by atoms with Crippen LogP contribution in [0.25, 0.3) is 10.8 Å². The van der Waals surface area contributed by atoms with Crippen LogP contribution < -0.4 is 10.1 Å². The predicted octanol–water partition coefficient (Wildman–Crippen LogP) is 6.05. The molecular formula is C20H17BrClNO2. The van der Waals surface area contributed by atoms with Crippen LogP contribution in [0.5, 0.6) is 5.75 Å². The number of ether oxygens (including phenoxy) is 1. The third-order valence-electron chi connectivity index (χ3n) is 3.87. The monoisotopic (exact) mass is 417 g/mol. The molecule has 0 saturated heterocycles. The van der Waals surface area contributed by atoms with Crippen LogP contribution in [-0.4, -0.2) is 12.0 Å². The van der Waals surface area contributed by atoms with E-state index in [9.17, 15) is 4.79 Å². The summed E-state index contributed by atoms with van der Waals surface area (Å²) in [6, 6.07) is 19.1. The number of halogens is 2. The Labute approximate surface area is 160 Å². The smallest absolute Gasteiger partial charge is 0.265 e. The Kier molecular flexibility index (Phi) is 5.61. The molecule has 0 aromatic heterocycles. The van der Waals surface area contributed by atoms with Crippen LogP contribution in [0.4, 0.5) is 5.69 Å². The number of amides is 1. The summed E-state index contributed by atoms with van der Waals surface area (Å²) in [5.74, 6) is 0.503. The molecule has 1 atom stereocenters. The summed E-state index contributed by atoms with van der Waals surface area (Å²) in [6.07, 6.45) is -0.0347. The highest BCUT2D eigenvalue weighted by atomic mass is 79.9. The normalized spacial score (nSPS) is 12.0. The summed E-state index contributed by atoms with van der Waals surface area (Å²) < 4.78 is 6.79. The Morgan fingerprint density at radius 2 is 1.92 bits per heavy atom. The van der Waals surface area contributed by atoms with Crippen LogP contribution in [0.2, 0.25) is 5.02 Å². The molecule has 0 heterocycles. The Hall–Kier alpha value is -2.04. The summed E-state index contributed by atoms with van der Waals surface area (Å²) >= 11 is 9.41. The van der Waals surface area contributed by atoms with Gasteiger partial charge in [0, 0.05) is 15.5 Å². The minimum atomic E-state index is -0.590. The molecule has 25 heavy (non-hydrogen) atoms. The fraction of sp³-hybridized carbons (Fsp3) is 0.150. The van der Waals surface area contributed by atoms with Gasteiger partial charge < -0.3 is 10.1 Å². The van der Waals surface area contributed by atoms with Gasteiger partial charge in [-0.15, -0.1) is 0 Å². The highest BCUT2D eigenvalue weighted by Gasteiger charge is 2.19. The van der Waals surface area contributed by atoms with Crippen molar-refractivity contribution >= 4 is 49.9 Å². The molecule has 0 saturated carbocycles. The number of rotatable bonds is 5. The molecule has 0 bridgehead atoms. The SMILES string of the molecule is CC[C@H](Oc1cccc2ccccc12)C(=O)Nc1ccc(Br)c(Cl)c1. The zero-order valence-corrected chi connectivity index (χ0v) is 16.0. The van der Waals surface area contributed by atoms with E-state index in [-0.39, 0.29) is 5.91 Å². The lowest BCUT2D eigenvalue weighted by Crippen LogP contribution is -2.32. The molecule has 3 aromatic rings. The van der Waals surface area contributed by atoms with E-state index in [1.807, 2.05) is 49.4 Å². The van der Waals surface area contributed by atoms with Gasteiger partial charge in [0.05, 0.1) is 5.02 Å². The maximum Gasteiger partial charge on any atom is 0.265 e. The van der Waals surface area contributed by atoms with Crippen LogP contribution in [0, 0.1) is 0 Å². The number of fused-ring (bicyclic) bond motifs is 1. The molecule has 3 nitrogen and oxygen atoms in total. The predicted molar refractivity (Wildman–Crippen MR) is 106 cm³/mol. The van der Waals surface area contributed by atoms with Gasteiger partial charge in [-0.1, -0.05) is 54.9 Å². The van der Waals surface area contributed by atoms with Crippen LogP contribution >= 0.6 is 27.5 Å². The highest BCUT2D eigenvalue weighted by molar-refractivity contribution is 9.10. The number of carbonyl (C=O) groups is 1. The molecule has 0 fully saturated rings. The van der Waals surface area contributed by atoms with E-state index < -0.39 is 6.10 Å². The standard InChI is InChI=1S/C20H17BrClNO2/c1-2-18(20(24)23-14-10-11-16(21)17(22)12-14)25-19-9-5-7-13-6-3-4-8-15(13)19/h3-12,18H,2H2,1H3,(H,23,24)/t18-/m0/s1. The molecule has 3 aromatic carbocycles. The van der Waals surface area contributed by atoms with Gasteiger partial charge in [0.1, 0.15) is 5.75 Å². The molecule has 1 amide bonds. The van der Waals surface area contributed by atoms with Crippen molar-refractivity contribution in [2.75, 3.05) is 5.32 Å². The largest absolute Gasteiger partial charge is 0.480 e. The van der Waals surface area contributed by atoms with Crippen LogP contribution in [0.3, 0.4) is 0 Å². The third-order valence-corrected chi connectivity index (χ3v) is 5.10. The second-order valence-electron chi connectivity index (χ2n) is 5.61. The summed E-state index contributed by atoms with van der Waals surface area (Å²) in [5.41, 5.74) is 0.637.